The van der Waals surface area contributed by atoms with Crippen LogP contribution in [-0.2, 0) is 9.59 Å². The fourth-order valence-electron chi connectivity index (χ4n) is 3.20. The number of hydrogen-bond acceptors (Lipinski definition) is 2. The van der Waals surface area contributed by atoms with Gasteiger partial charge in [-0.3, -0.25) is 9.59 Å². The van der Waals surface area contributed by atoms with Gasteiger partial charge in [0.15, 0.2) is 0 Å². The first kappa shape index (κ1) is 15.0. The van der Waals surface area contributed by atoms with Crippen LogP contribution in [-0.4, -0.2) is 17.4 Å². The first-order chi connectivity index (χ1) is 8.35. The van der Waals surface area contributed by atoms with Gasteiger partial charge in [0.05, 0.1) is 0 Å². The van der Waals surface area contributed by atoms with Gasteiger partial charge in [0.2, 0.25) is 11.8 Å². The van der Waals surface area contributed by atoms with Gasteiger partial charge in [-0.05, 0) is 31.6 Å². The Hall–Kier alpha value is -1.06. The highest BCUT2D eigenvalue weighted by Crippen LogP contribution is 2.38. The van der Waals surface area contributed by atoms with E-state index in [1.165, 1.54) is 12.8 Å². The molecule has 2 unspecified atom stereocenters. The Kier molecular flexibility index (Phi) is 5.17. The maximum absolute atomic E-state index is 11.9. The average Bonchev–Trinajstić information content (AvgIpc) is 2.26. The summed E-state index contributed by atoms with van der Waals surface area (Å²) in [5, 5.41) is 3.14. The van der Waals surface area contributed by atoms with Gasteiger partial charge in [-0.1, -0.05) is 26.7 Å². The Morgan fingerprint density at radius 1 is 1.33 bits per heavy atom. The first-order valence-corrected chi connectivity index (χ1v) is 6.94. The van der Waals surface area contributed by atoms with Gasteiger partial charge in [-0.15, -0.1) is 0 Å². The molecule has 1 aliphatic rings. The number of amides is 2. The van der Waals surface area contributed by atoms with E-state index in [2.05, 4.69) is 26.1 Å². The van der Waals surface area contributed by atoms with Crippen LogP contribution in [0.4, 0.5) is 0 Å². The summed E-state index contributed by atoms with van der Waals surface area (Å²) in [5.41, 5.74) is 4.94. The lowest BCUT2D eigenvalue weighted by Gasteiger charge is -2.44. The molecule has 0 spiro atoms. The molecule has 1 saturated carbocycles. The van der Waals surface area contributed by atoms with Gasteiger partial charge < -0.3 is 11.1 Å². The van der Waals surface area contributed by atoms with Crippen LogP contribution in [0.3, 0.4) is 0 Å². The fraction of sp³-hybridized carbons (Fsp3) is 0.857. The molecule has 104 valence electrons. The zero-order valence-electron chi connectivity index (χ0n) is 11.8. The van der Waals surface area contributed by atoms with Crippen molar-refractivity contribution in [3.05, 3.63) is 0 Å². The van der Waals surface area contributed by atoms with Crippen molar-refractivity contribution in [3.63, 3.8) is 0 Å². The molecule has 0 heterocycles. The number of primary amides is 1. The molecule has 1 aliphatic carbocycles. The summed E-state index contributed by atoms with van der Waals surface area (Å²) in [4.78, 5) is 22.6. The van der Waals surface area contributed by atoms with Crippen LogP contribution in [0.2, 0.25) is 0 Å². The second-order valence-corrected chi connectivity index (χ2v) is 6.03. The zero-order chi connectivity index (χ0) is 13.8. The molecule has 0 aliphatic heterocycles. The summed E-state index contributed by atoms with van der Waals surface area (Å²) < 4.78 is 0. The van der Waals surface area contributed by atoms with Crippen molar-refractivity contribution in [3.8, 4) is 0 Å². The molecule has 4 nitrogen and oxygen atoms in total. The molecule has 0 aromatic carbocycles. The molecule has 0 bridgehead atoms. The van der Waals surface area contributed by atoms with E-state index in [0.717, 1.165) is 12.8 Å². The van der Waals surface area contributed by atoms with Crippen LogP contribution in [0.1, 0.15) is 59.3 Å². The van der Waals surface area contributed by atoms with Crippen LogP contribution < -0.4 is 11.1 Å². The highest BCUT2D eigenvalue weighted by Gasteiger charge is 2.39. The summed E-state index contributed by atoms with van der Waals surface area (Å²) in [5.74, 6) is 0.610. The molecule has 2 atom stereocenters. The third-order valence-corrected chi connectivity index (χ3v) is 4.11. The minimum atomic E-state index is -0.417. The van der Waals surface area contributed by atoms with Gasteiger partial charge in [-0.25, -0.2) is 0 Å². The van der Waals surface area contributed by atoms with Crippen LogP contribution in [0.25, 0.3) is 0 Å². The summed E-state index contributed by atoms with van der Waals surface area (Å²) in [7, 11) is 0. The van der Waals surface area contributed by atoms with E-state index in [-0.39, 0.29) is 24.3 Å². The quantitative estimate of drug-likeness (QED) is 0.787. The van der Waals surface area contributed by atoms with Crippen LogP contribution in [0.5, 0.6) is 0 Å². The van der Waals surface area contributed by atoms with Crippen LogP contribution in [0.15, 0.2) is 0 Å². The summed E-state index contributed by atoms with van der Waals surface area (Å²) >= 11 is 0. The lowest BCUT2D eigenvalue weighted by molar-refractivity contribution is -0.127. The van der Waals surface area contributed by atoms with Crippen molar-refractivity contribution < 1.29 is 9.59 Å². The summed E-state index contributed by atoms with van der Waals surface area (Å²) in [6.07, 6.45) is 4.94. The lowest BCUT2D eigenvalue weighted by Crippen LogP contribution is -2.54. The molecule has 0 saturated heterocycles. The Morgan fingerprint density at radius 2 is 2.00 bits per heavy atom. The number of hydrogen-bond donors (Lipinski definition) is 2. The third-order valence-electron chi connectivity index (χ3n) is 4.11. The van der Waals surface area contributed by atoms with Gasteiger partial charge in [0.1, 0.15) is 0 Å². The molecule has 1 fully saturated rings. The van der Waals surface area contributed by atoms with Crippen LogP contribution >= 0.6 is 0 Å². The third kappa shape index (κ3) is 4.00. The number of carbonyl (C=O) groups excluding carboxylic acids is 2. The Labute approximate surface area is 110 Å². The van der Waals surface area contributed by atoms with E-state index in [1.54, 1.807) is 0 Å². The molecule has 1 rings (SSSR count). The van der Waals surface area contributed by atoms with E-state index < -0.39 is 5.91 Å². The van der Waals surface area contributed by atoms with Gasteiger partial charge >= 0.3 is 0 Å². The molecule has 18 heavy (non-hydrogen) atoms. The second-order valence-electron chi connectivity index (χ2n) is 6.03. The average molecular weight is 254 g/mol. The number of nitrogens with one attached hydrogen (secondary N) is 1. The predicted molar refractivity (Wildman–Crippen MR) is 71.8 cm³/mol. The normalized spacial score (nSPS) is 28.1. The molecular formula is C14H26N2O2. The Balaban J connectivity index is 2.60. The van der Waals surface area contributed by atoms with Crippen molar-refractivity contribution in [1.82, 2.24) is 5.32 Å². The summed E-state index contributed by atoms with van der Waals surface area (Å²) in [6, 6.07) is 0. The smallest absolute Gasteiger partial charge is 0.220 e. The Morgan fingerprint density at radius 3 is 2.56 bits per heavy atom. The summed E-state index contributed by atoms with van der Waals surface area (Å²) in [6.45, 7) is 6.56. The number of rotatable bonds is 5. The minimum Gasteiger partial charge on any atom is -0.370 e. The molecule has 0 radical (unpaired) electrons. The number of carbonyl (C=O) groups is 2. The monoisotopic (exact) mass is 254 g/mol. The van der Waals surface area contributed by atoms with E-state index in [4.69, 9.17) is 5.73 Å². The van der Waals surface area contributed by atoms with Crippen molar-refractivity contribution in [1.29, 1.82) is 0 Å². The molecule has 3 N–H and O–H groups in total. The maximum atomic E-state index is 11.9. The predicted octanol–water partition coefficient (Wildman–Crippen LogP) is 1.97. The highest BCUT2D eigenvalue weighted by atomic mass is 16.2. The molecule has 4 heteroatoms. The lowest BCUT2D eigenvalue weighted by atomic mass is 9.69. The van der Waals surface area contributed by atoms with Crippen molar-refractivity contribution >= 4 is 11.8 Å². The standard InChI is InChI=1S/C14H26N2O2/c1-10(2)11-6-4-5-9-14(11,3)16-13(18)8-7-12(15)17/h10-11H,4-9H2,1-3H3,(H2,15,17)(H,16,18). The minimum absolute atomic E-state index is 0.0520. The van der Waals surface area contributed by atoms with Crippen molar-refractivity contribution in [2.45, 2.75) is 64.8 Å². The van der Waals surface area contributed by atoms with Crippen LogP contribution in [0, 0.1) is 11.8 Å². The van der Waals surface area contributed by atoms with E-state index in [0.29, 0.717) is 11.8 Å². The van der Waals surface area contributed by atoms with Crippen molar-refractivity contribution in [2.75, 3.05) is 0 Å². The fourth-order valence-corrected chi connectivity index (χ4v) is 3.20. The SMILES string of the molecule is CC(C)C1CCCCC1(C)NC(=O)CCC(N)=O. The van der Waals surface area contributed by atoms with Gasteiger partial charge in [0, 0.05) is 18.4 Å². The Bertz CT molecular complexity index is 315. The van der Waals surface area contributed by atoms with E-state index in [9.17, 15) is 9.59 Å². The maximum Gasteiger partial charge on any atom is 0.220 e. The topological polar surface area (TPSA) is 72.2 Å². The van der Waals surface area contributed by atoms with E-state index >= 15 is 0 Å². The number of nitrogens with two attached hydrogens (primary N) is 1. The molecule has 0 aromatic rings. The van der Waals surface area contributed by atoms with E-state index in [1.807, 2.05) is 0 Å². The van der Waals surface area contributed by atoms with Gasteiger partial charge in [0.25, 0.3) is 0 Å². The molecular weight excluding hydrogens is 228 g/mol. The largest absolute Gasteiger partial charge is 0.370 e. The highest BCUT2D eigenvalue weighted by molar-refractivity contribution is 5.83. The first-order valence-electron chi connectivity index (χ1n) is 6.94. The van der Waals surface area contributed by atoms with Gasteiger partial charge in [-0.2, -0.15) is 0 Å². The zero-order valence-corrected chi connectivity index (χ0v) is 11.8. The second kappa shape index (κ2) is 6.21. The molecule has 2 amide bonds. The van der Waals surface area contributed by atoms with Crippen molar-refractivity contribution in [2.24, 2.45) is 17.6 Å². The molecule has 0 aromatic heterocycles.